The number of aromatic nitrogens is 1. The third-order valence-corrected chi connectivity index (χ3v) is 5.07. The summed E-state index contributed by atoms with van der Waals surface area (Å²) in [5.41, 5.74) is 1.25. The maximum absolute atomic E-state index is 11.8. The number of amides is 1. The van der Waals surface area contributed by atoms with Gasteiger partial charge < -0.3 is 20.4 Å². The highest BCUT2D eigenvalue weighted by atomic mass is 16.2. The van der Waals surface area contributed by atoms with Crippen molar-refractivity contribution in [2.75, 3.05) is 45.2 Å². The van der Waals surface area contributed by atoms with Crippen molar-refractivity contribution in [3.8, 4) is 0 Å². The lowest BCUT2D eigenvalue weighted by atomic mass is 9.96. The number of aliphatic imine (C=N–C) groups is 1. The molecule has 0 bridgehead atoms. The Labute approximate surface area is 163 Å². The molecular weight excluding hydrogens is 340 g/mol. The van der Waals surface area contributed by atoms with Gasteiger partial charge in [0.05, 0.1) is 0 Å². The second-order valence-corrected chi connectivity index (χ2v) is 7.42. The summed E-state index contributed by atoms with van der Waals surface area (Å²) in [5.74, 6) is 1.35. The zero-order valence-corrected chi connectivity index (χ0v) is 17.1. The highest BCUT2D eigenvalue weighted by Gasteiger charge is 2.20. The summed E-state index contributed by atoms with van der Waals surface area (Å²) in [6, 6.07) is 4.46. The van der Waals surface area contributed by atoms with E-state index in [1.54, 1.807) is 19.0 Å². The first-order valence-electron chi connectivity index (χ1n) is 9.89. The minimum absolute atomic E-state index is 0.00547. The minimum Gasteiger partial charge on any atom is -0.371 e. The molecule has 1 unspecified atom stereocenters. The van der Waals surface area contributed by atoms with Crippen molar-refractivity contribution in [3.63, 3.8) is 0 Å². The zero-order valence-electron chi connectivity index (χ0n) is 17.1. The lowest BCUT2D eigenvalue weighted by molar-refractivity contribution is -0.127. The second-order valence-electron chi connectivity index (χ2n) is 7.42. The van der Waals surface area contributed by atoms with E-state index in [-0.39, 0.29) is 12.5 Å². The number of nitrogens with one attached hydrogen (secondary N) is 2. The summed E-state index contributed by atoms with van der Waals surface area (Å²) in [6.45, 7) is 7.41. The molecule has 2 rings (SSSR count). The molecule has 1 saturated heterocycles. The van der Waals surface area contributed by atoms with Crippen LogP contribution in [0, 0.1) is 5.92 Å². The third-order valence-electron chi connectivity index (χ3n) is 5.07. The van der Waals surface area contributed by atoms with E-state index < -0.39 is 0 Å². The first-order valence-corrected chi connectivity index (χ1v) is 9.89. The van der Waals surface area contributed by atoms with Crippen molar-refractivity contribution in [1.82, 2.24) is 20.5 Å². The molecule has 1 aliphatic rings. The molecule has 7 nitrogen and oxygen atoms in total. The molecule has 0 spiro atoms. The van der Waals surface area contributed by atoms with Crippen LogP contribution in [0.2, 0.25) is 0 Å². The average molecular weight is 375 g/mol. The molecule has 1 aliphatic heterocycles. The van der Waals surface area contributed by atoms with Crippen LogP contribution in [0.1, 0.15) is 33.1 Å². The van der Waals surface area contributed by atoms with Gasteiger partial charge in [0, 0.05) is 57.9 Å². The van der Waals surface area contributed by atoms with E-state index in [9.17, 15) is 4.79 Å². The van der Waals surface area contributed by atoms with Crippen molar-refractivity contribution in [2.24, 2.45) is 10.9 Å². The van der Waals surface area contributed by atoms with Crippen molar-refractivity contribution in [2.45, 2.75) is 39.2 Å². The Hall–Kier alpha value is -2.31. The summed E-state index contributed by atoms with van der Waals surface area (Å²) >= 11 is 0. The van der Waals surface area contributed by atoms with Gasteiger partial charge in [-0.25, -0.2) is 4.99 Å². The van der Waals surface area contributed by atoms with E-state index in [1.165, 1.54) is 5.69 Å². The molecule has 2 heterocycles. The van der Waals surface area contributed by atoms with E-state index in [2.05, 4.69) is 51.5 Å². The summed E-state index contributed by atoms with van der Waals surface area (Å²) in [6.07, 6.45) is 6.99. The van der Waals surface area contributed by atoms with Crippen LogP contribution in [-0.4, -0.2) is 68.1 Å². The standard InChI is InChI=1S/C20H34N6O/c1-5-16(2)24-20(23-15-19(27)25(3)4)22-14-17-8-12-26(13-9-17)18-6-10-21-11-7-18/h6-7,10-11,16-17H,5,8-9,12-15H2,1-4H3,(H2,22,23,24). The molecular formula is C20H34N6O. The van der Waals surface area contributed by atoms with Gasteiger partial charge in [0.1, 0.15) is 6.54 Å². The van der Waals surface area contributed by atoms with Crippen molar-refractivity contribution >= 4 is 17.6 Å². The van der Waals surface area contributed by atoms with Gasteiger partial charge in [0.25, 0.3) is 0 Å². The second kappa shape index (κ2) is 10.7. The Bertz CT molecular complexity index is 596. The number of likely N-dealkylation sites (N-methyl/N-ethyl adjacent to an activating group) is 1. The number of pyridine rings is 1. The fraction of sp³-hybridized carbons (Fsp3) is 0.650. The average Bonchev–Trinajstić information content (AvgIpc) is 2.70. The molecule has 1 aromatic heterocycles. The highest BCUT2D eigenvalue weighted by molar-refractivity contribution is 5.84. The van der Waals surface area contributed by atoms with Crippen molar-refractivity contribution in [3.05, 3.63) is 24.5 Å². The van der Waals surface area contributed by atoms with Gasteiger partial charge in [-0.2, -0.15) is 0 Å². The van der Waals surface area contributed by atoms with Crippen LogP contribution < -0.4 is 15.5 Å². The lowest BCUT2D eigenvalue weighted by Crippen LogP contribution is -2.46. The number of rotatable bonds is 7. The Morgan fingerprint density at radius 1 is 1.33 bits per heavy atom. The van der Waals surface area contributed by atoms with Crippen LogP contribution in [0.15, 0.2) is 29.5 Å². The smallest absolute Gasteiger partial charge is 0.243 e. The van der Waals surface area contributed by atoms with Gasteiger partial charge in [-0.3, -0.25) is 9.78 Å². The number of guanidine groups is 1. The molecule has 7 heteroatoms. The fourth-order valence-corrected chi connectivity index (χ4v) is 2.97. The molecule has 0 radical (unpaired) electrons. The number of nitrogens with zero attached hydrogens (tertiary/aromatic N) is 4. The monoisotopic (exact) mass is 374 g/mol. The Kier molecular flexibility index (Phi) is 8.36. The van der Waals surface area contributed by atoms with Gasteiger partial charge in [0.2, 0.25) is 5.91 Å². The van der Waals surface area contributed by atoms with Gasteiger partial charge in [-0.05, 0) is 44.2 Å². The number of anilines is 1. The molecule has 1 atom stereocenters. The normalized spacial score (nSPS) is 16.7. The number of carbonyl (C=O) groups is 1. The number of hydrogen-bond acceptors (Lipinski definition) is 4. The quantitative estimate of drug-likeness (QED) is 0.562. The largest absolute Gasteiger partial charge is 0.371 e. The Balaban J connectivity index is 1.83. The predicted molar refractivity (Wildman–Crippen MR) is 111 cm³/mol. The summed E-state index contributed by atoms with van der Waals surface area (Å²) in [7, 11) is 3.51. The summed E-state index contributed by atoms with van der Waals surface area (Å²) in [4.78, 5) is 24.4. The van der Waals surface area contributed by atoms with E-state index >= 15 is 0 Å². The zero-order chi connectivity index (χ0) is 19.6. The number of carbonyl (C=O) groups excluding carboxylic acids is 1. The topological polar surface area (TPSA) is 72.9 Å². The van der Waals surface area contributed by atoms with Crippen LogP contribution in [-0.2, 0) is 4.79 Å². The molecule has 27 heavy (non-hydrogen) atoms. The van der Waals surface area contributed by atoms with Gasteiger partial charge in [-0.1, -0.05) is 6.92 Å². The van der Waals surface area contributed by atoms with Crippen molar-refractivity contribution in [1.29, 1.82) is 0 Å². The SMILES string of the molecule is CCC(C)NC(=NCC(=O)N(C)C)NCC1CCN(c2ccncc2)CC1. The van der Waals surface area contributed by atoms with E-state index in [0.29, 0.717) is 12.0 Å². The predicted octanol–water partition coefficient (Wildman–Crippen LogP) is 1.72. The molecule has 1 fully saturated rings. The fourth-order valence-electron chi connectivity index (χ4n) is 2.97. The van der Waals surface area contributed by atoms with Crippen LogP contribution in [0.3, 0.4) is 0 Å². The summed E-state index contributed by atoms with van der Waals surface area (Å²) in [5, 5.41) is 6.83. The molecule has 0 saturated carbocycles. The van der Waals surface area contributed by atoms with E-state index in [4.69, 9.17) is 0 Å². The maximum atomic E-state index is 11.8. The van der Waals surface area contributed by atoms with Crippen molar-refractivity contribution < 1.29 is 4.79 Å². The highest BCUT2D eigenvalue weighted by Crippen LogP contribution is 2.22. The van der Waals surface area contributed by atoms with Crippen LogP contribution >= 0.6 is 0 Å². The number of piperidine rings is 1. The maximum Gasteiger partial charge on any atom is 0.243 e. The van der Waals surface area contributed by atoms with Crippen LogP contribution in [0.5, 0.6) is 0 Å². The summed E-state index contributed by atoms with van der Waals surface area (Å²) < 4.78 is 0. The third kappa shape index (κ3) is 7.07. The van der Waals surface area contributed by atoms with E-state index in [1.807, 2.05) is 12.4 Å². The molecule has 150 valence electrons. The Morgan fingerprint density at radius 2 is 2.00 bits per heavy atom. The molecule has 2 N–H and O–H groups in total. The van der Waals surface area contributed by atoms with Gasteiger partial charge >= 0.3 is 0 Å². The number of hydrogen-bond donors (Lipinski definition) is 2. The van der Waals surface area contributed by atoms with E-state index in [0.717, 1.165) is 44.9 Å². The first kappa shape index (κ1) is 21.0. The molecule has 0 aliphatic carbocycles. The van der Waals surface area contributed by atoms with Crippen LogP contribution in [0.4, 0.5) is 5.69 Å². The van der Waals surface area contributed by atoms with Crippen LogP contribution in [0.25, 0.3) is 0 Å². The first-order chi connectivity index (χ1) is 13.0. The van der Waals surface area contributed by atoms with Gasteiger partial charge in [-0.15, -0.1) is 0 Å². The molecule has 0 aromatic carbocycles. The minimum atomic E-state index is 0.00547. The molecule has 1 aromatic rings. The lowest BCUT2D eigenvalue weighted by Gasteiger charge is -2.34. The molecule has 1 amide bonds. The Morgan fingerprint density at radius 3 is 2.59 bits per heavy atom. The van der Waals surface area contributed by atoms with Gasteiger partial charge in [0.15, 0.2) is 5.96 Å².